The second kappa shape index (κ2) is 8.85. The SMILES string of the molecule is CC/C(C)=C(/C(c1ccccc1)N1CCNC1)C(C)(Cl)N1CCNCC1. The normalized spacial score (nSPS) is 24.2. The highest BCUT2D eigenvalue weighted by Crippen LogP contribution is 2.43. The van der Waals surface area contributed by atoms with Crippen LogP contribution in [-0.2, 0) is 0 Å². The number of allylic oxidation sites excluding steroid dienone is 1. The van der Waals surface area contributed by atoms with Crippen LogP contribution in [0, 0.1) is 0 Å². The molecular formula is C21H33ClN4. The van der Waals surface area contributed by atoms with Crippen molar-refractivity contribution in [2.24, 2.45) is 0 Å². The van der Waals surface area contributed by atoms with Crippen molar-refractivity contribution in [3.8, 4) is 0 Å². The Labute approximate surface area is 163 Å². The van der Waals surface area contributed by atoms with Gasteiger partial charge in [0, 0.05) is 45.9 Å². The zero-order chi connectivity index (χ0) is 18.6. The molecule has 1 aromatic carbocycles. The Morgan fingerprint density at radius 3 is 2.35 bits per heavy atom. The zero-order valence-electron chi connectivity index (χ0n) is 16.4. The van der Waals surface area contributed by atoms with E-state index in [0.717, 1.165) is 52.4 Å². The summed E-state index contributed by atoms with van der Waals surface area (Å²) in [5.74, 6) is 0. The van der Waals surface area contributed by atoms with Gasteiger partial charge >= 0.3 is 0 Å². The van der Waals surface area contributed by atoms with Crippen LogP contribution in [0.1, 0.15) is 38.8 Å². The highest BCUT2D eigenvalue weighted by atomic mass is 35.5. The van der Waals surface area contributed by atoms with Crippen LogP contribution in [0.15, 0.2) is 41.5 Å². The first kappa shape index (κ1) is 19.8. The van der Waals surface area contributed by atoms with Crippen molar-refractivity contribution in [1.29, 1.82) is 0 Å². The van der Waals surface area contributed by atoms with E-state index in [2.05, 4.69) is 71.5 Å². The smallest absolute Gasteiger partial charge is 0.117 e. The monoisotopic (exact) mass is 376 g/mol. The molecule has 0 saturated carbocycles. The summed E-state index contributed by atoms with van der Waals surface area (Å²) in [6, 6.07) is 11.1. The first-order chi connectivity index (χ1) is 12.6. The Balaban J connectivity index is 2.06. The second-order valence-corrected chi connectivity index (χ2v) is 8.26. The van der Waals surface area contributed by atoms with Gasteiger partial charge in [0.05, 0.1) is 6.04 Å². The minimum absolute atomic E-state index is 0.212. The highest BCUT2D eigenvalue weighted by molar-refractivity contribution is 6.25. The summed E-state index contributed by atoms with van der Waals surface area (Å²) in [5.41, 5.74) is 4.10. The number of hydrogen-bond acceptors (Lipinski definition) is 4. The Hall–Kier alpha value is -0.910. The van der Waals surface area contributed by atoms with E-state index in [4.69, 9.17) is 11.6 Å². The Bertz CT molecular complexity index is 602. The third kappa shape index (κ3) is 4.15. The first-order valence-corrected chi connectivity index (χ1v) is 10.3. The molecule has 144 valence electrons. The summed E-state index contributed by atoms with van der Waals surface area (Å²) in [5, 5.41) is 6.95. The lowest BCUT2D eigenvalue weighted by Crippen LogP contribution is -2.54. The molecule has 4 nitrogen and oxygen atoms in total. The van der Waals surface area contributed by atoms with Crippen molar-refractivity contribution in [2.45, 2.75) is 38.2 Å². The number of benzene rings is 1. The fourth-order valence-electron chi connectivity index (χ4n) is 4.26. The zero-order valence-corrected chi connectivity index (χ0v) is 17.1. The van der Waals surface area contributed by atoms with E-state index in [0.29, 0.717) is 0 Å². The van der Waals surface area contributed by atoms with Crippen LogP contribution in [0.5, 0.6) is 0 Å². The van der Waals surface area contributed by atoms with Crippen LogP contribution in [0.25, 0.3) is 0 Å². The van der Waals surface area contributed by atoms with Crippen molar-refractivity contribution in [3.63, 3.8) is 0 Å². The van der Waals surface area contributed by atoms with Crippen LogP contribution in [-0.4, -0.2) is 60.7 Å². The molecule has 2 fully saturated rings. The fourth-order valence-corrected chi connectivity index (χ4v) is 4.69. The van der Waals surface area contributed by atoms with E-state index >= 15 is 0 Å². The molecule has 0 bridgehead atoms. The van der Waals surface area contributed by atoms with Crippen molar-refractivity contribution in [3.05, 3.63) is 47.0 Å². The molecule has 3 rings (SSSR count). The molecule has 0 amide bonds. The molecule has 0 aliphatic carbocycles. The number of piperazine rings is 1. The van der Waals surface area contributed by atoms with Crippen LogP contribution in [0.2, 0.25) is 0 Å². The molecule has 2 saturated heterocycles. The van der Waals surface area contributed by atoms with Crippen LogP contribution < -0.4 is 10.6 Å². The van der Waals surface area contributed by atoms with Crippen molar-refractivity contribution in [1.82, 2.24) is 20.4 Å². The summed E-state index contributed by atoms with van der Waals surface area (Å²) in [6.07, 6.45) is 1.02. The average molecular weight is 377 g/mol. The third-order valence-electron chi connectivity index (χ3n) is 5.84. The predicted molar refractivity (Wildman–Crippen MR) is 110 cm³/mol. The van der Waals surface area contributed by atoms with Gasteiger partial charge in [-0.25, -0.2) is 0 Å². The van der Waals surface area contributed by atoms with Gasteiger partial charge in [0.2, 0.25) is 0 Å². The lowest BCUT2D eigenvalue weighted by atomic mass is 9.86. The lowest BCUT2D eigenvalue weighted by Gasteiger charge is -2.45. The largest absolute Gasteiger partial charge is 0.314 e. The Morgan fingerprint density at radius 1 is 1.12 bits per heavy atom. The fraction of sp³-hybridized carbons (Fsp3) is 0.619. The van der Waals surface area contributed by atoms with Crippen molar-refractivity contribution in [2.75, 3.05) is 45.9 Å². The molecule has 5 heteroatoms. The first-order valence-electron chi connectivity index (χ1n) is 9.90. The molecule has 26 heavy (non-hydrogen) atoms. The van der Waals surface area contributed by atoms with E-state index in [1.807, 2.05) is 0 Å². The summed E-state index contributed by atoms with van der Waals surface area (Å²) >= 11 is 7.37. The van der Waals surface area contributed by atoms with Gasteiger partial charge in [0.1, 0.15) is 5.00 Å². The number of halogens is 1. The maximum Gasteiger partial charge on any atom is 0.117 e. The quantitative estimate of drug-likeness (QED) is 0.453. The van der Waals surface area contributed by atoms with E-state index in [1.165, 1.54) is 16.7 Å². The van der Waals surface area contributed by atoms with Gasteiger partial charge in [-0.1, -0.05) is 54.4 Å². The molecular weight excluding hydrogens is 344 g/mol. The predicted octanol–water partition coefficient (Wildman–Crippen LogP) is 3.18. The van der Waals surface area contributed by atoms with Crippen molar-refractivity contribution >= 4 is 11.6 Å². The lowest BCUT2D eigenvalue weighted by molar-refractivity contribution is 0.153. The van der Waals surface area contributed by atoms with Crippen LogP contribution in [0.3, 0.4) is 0 Å². The topological polar surface area (TPSA) is 30.5 Å². The third-order valence-corrected chi connectivity index (χ3v) is 6.28. The summed E-state index contributed by atoms with van der Waals surface area (Å²) in [7, 11) is 0. The van der Waals surface area contributed by atoms with Gasteiger partial charge in [0.15, 0.2) is 0 Å². The summed E-state index contributed by atoms with van der Waals surface area (Å²) in [6.45, 7) is 13.7. The van der Waals surface area contributed by atoms with E-state index in [9.17, 15) is 0 Å². The Kier molecular flexibility index (Phi) is 6.76. The molecule has 2 atom stereocenters. The van der Waals surface area contributed by atoms with E-state index < -0.39 is 5.00 Å². The standard InChI is InChI=1S/C21H33ClN4/c1-4-17(2)19(21(3,22)26-14-11-23-12-15-26)20(25-13-10-24-16-25)18-8-6-5-7-9-18/h5-9,20,23-24H,4,10-16H2,1-3H3/b19-17-. The van der Waals surface area contributed by atoms with Gasteiger partial charge in [-0.15, -0.1) is 0 Å². The Morgan fingerprint density at radius 2 is 1.77 bits per heavy atom. The molecule has 2 aliphatic heterocycles. The number of alkyl halides is 1. The molecule has 2 N–H and O–H groups in total. The van der Waals surface area contributed by atoms with Gasteiger partial charge in [0.25, 0.3) is 0 Å². The van der Waals surface area contributed by atoms with Gasteiger partial charge < -0.3 is 10.6 Å². The minimum Gasteiger partial charge on any atom is -0.314 e. The maximum atomic E-state index is 7.37. The van der Waals surface area contributed by atoms with Gasteiger partial charge in [-0.2, -0.15) is 0 Å². The number of nitrogens with one attached hydrogen (secondary N) is 2. The number of nitrogens with zero attached hydrogens (tertiary/aromatic N) is 2. The number of rotatable bonds is 6. The van der Waals surface area contributed by atoms with Crippen LogP contribution >= 0.6 is 11.6 Å². The molecule has 1 aromatic rings. The molecule has 0 aromatic heterocycles. The molecule has 2 aliphatic rings. The van der Waals surface area contributed by atoms with E-state index in [1.54, 1.807) is 0 Å². The van der Waals surface area contributed by atoms with E-state index in [-0.39, 0.29) is 6.04 Å². The van der Waals surface area contributed by atoms with Gasteiger partial charge in [-0.3, -0.25) is 9.80 Å². The molecule has 2 heterocycles. The summed E-state index contributed by atoms with van der Waals surface area (Å²) in [4.78, 5) is 4.50. The second-order valence-electron chi connectivity index (χ2n) is 7.52. The number of hydrogen-bond donors (Lipinski definition) is 2. The average Bonchev–Trinajstić information content (AvgIpc) is 3.21. The molecule has 0 spiro atoms. The van der Waals surface area contributed by atoms with Crippen LogP contribution in [0.4, 0.5) is 0 Å². The van der Waals surface area contributed by atoms with Crippen molar-refractivity contribution < 1.29 is 0 Å². The highest BCUT2D eigenvalue weighted by Gasteiger charge is 2.41. The minimum atomic E-state index is -0.481. The summed E-state index contributed by atoms with van der Waals surface area (Å²) < 4.78 is 0. The maximum absolute atomic E-state index is 7.37. The molecule has 0 radical (unpaired) electrons. The van der Waals surface area contributed by atoms with Gasteiger partial charge in [-0.05, 0) is 31.4 Å². The molecule has 2 unspecified atom stereocenters.